The molecular formula is C13H20FN3O2S. The van der Waals surface area contributed by atoms with Crippen molar-refractivity contribution in [1.82, 2.24) is 4.90 Å². The van der Waals surface area contributed by atoms with Crippen molar-refractivity contribution < 1.29 is 12.8 Å². The third kappa shape index (κ3) is 4.19. The van der Waals surface area contributed by atoms with E-state index in [1.807, 2.05) is 18.7 Å². The minimum Gasteiger partial charge on any atom is -0.370 e. The third-order valence-corrected chi connectivity index (χ3v) is 4.61. The molecule has 1 aromatic carbocycles. The molecule has 7 heteroatoms. The minimum atomic E-state index is -3.68. The van der Waals surface area contributed by atoms with Crippen LogP contribution in [0.4, 0.5) is 4.39 Å². The third-order valence-electron chi connectivity index (χ3n) is 2.89. The van der Waals surface area contributed by atoms with Gasteiger partial charge in [0, 0.05) is 13.1 Å². The number of nitrogens with zero attached hydrogens (tertiary/aromatic N) is 2. The second-order valence-electron chi connectivity index (χ2n) is 4.16. The van der Waals surface area contributed by atoms with Crippen LogP contribution in [0.2, 0.25) is 0 Å². The summed E-state index contributed by atoms with van der Waals surface area (Å²) in [6.45, 7) is 5.28. The molecule has 0 aliphatic carbocycles. The predicted octanol–water partition coefficient (Wildman–Crippen LogP) is 1.26. The Labute approximate surface area is 119 Å². The topological polar surface area (TPSA) is 75.8 Å². The van der Waals surface area contributed by atoms with Crippen molar-refractivity contribution in [2.75, 3.05) is 25.4 Å². The Balaban J connectivity index is 2.75. The maximum atomic E-state index is 13.5. The Kier molecular flexibility index (Phi) is 5.94. The van der Waals surface area contributed by atoms with Crippen molar-refractivity contribution >= 4 is 15.8 Å². The highest BCUT2D eigenvalue weighted by atomic mass is 32.2. The molecule has 0 aromatic heterocycles. The highest BCUT2D eigenvalue weighted by molar-refractivity contribution is 7.91. The fraction of sp³-hybridized carbons (Fsp3) is 0.462. The van der Waals surface area contributed by atoms with Crippen LogP contribution in [0.25, 0.3) is 0 Å². The van der Waals surface area contributed by atoms with Crippen LogP contribution < -0.4 is 5.73 Å². The summed E-state index contributed by atoms with van der Waals surface area (Å²) in [6, 6.07) is 5.32. The molecule has 2 N–H and O–H groups in total. The van der Waals surface area contributed by atoms with Gasteiger partial charge in [-0.3, -0.25) is 4.99 Å². The lowest BCUT2D eigenvalue weighted by atomic mass is 10.3. The largest absolute Gasteiger partial charge is 0.370 e. The van der Waals surface area contributed by atoms with E-state index in [1.165, 1.54) is 18.2 Å². The van der Waals surface area contributed by atoms with E-state index < -0.39 is 15.7 Å². The highest BCUT2D eigenvalue weighted by Crippen LogP contribution is 2.15. The molecule has 0 saturated carbocycles. The summed E-state index contributed by atoms with van der Waals surface area (Å²) in [6.07, 6.45) is 0. The summed E-state index contributed by atoms with van der Waals surface area (Å²) in [5, 5.41) is 0. The molecule has 20 heavy (non-hydrogen) atoms. The maximum Gasteiger partial charge on any atom is 0.191 e. The Morgan fingerprint density at radius 3 is 2.45 bits per heavy atom. The number of rotatable bonds is 6. The molecule has 0 aliphatic heterocycles. The fourth-order valence-electron chi connectivity index (χ4n) is 1.73. The van der Waals surface area contributed by atoms with E-state index in [0.29, 0.717) is 19.0 Å². The van der Waals surface area contributed by atoms with E-state index in [9.17, 15) is 12.8 Å². The average molecular weight is 301 g/mol. The Morgan fingerprint density at radius 2 is 1.90 bits per heavy atom. The van der Waals surface area contributed by atoms with Gasteiger partial charge in [-0.25, -0.2) is 12.8 Å². The molecule has 0 aliphatic rings. The maximum absolute atomic E-state index is 13.5. The molecule has 0 spiro atoms. The normalized spacial score (nSPS) is 12.4. The monoisotopic (exact) mass is 301 g/mol. The van der Waals surface area contributed by atoms with Gasteiger partial charge < -0.3 is 10.6 Å². The zero-order valence-electron chi connectivity index (χ0n) is 11.7. The molecule has 0 atom stereocenters. The molecule has 0 fully saturated rings. The van der Waals surface area contributed by atoms with Crippen molar-refractivity contribution in [1.29, 1.82) is 0 Å². The van der Waals surface area contributed by atoms with Crippen LogP contribution >= 0.6 is 0 Å². The predicted molar refractivity (Wildman–Crippen MR) is 77.9 cm³/mol. The average Bonchev–Trinajstić information content (AvgIpc) is 2.40. The van der Waals surface area contributed by atoms with E-state index >= 15 is 0 Å². The molecule has 112 valence electrons. The fourth-order valence-corrected chi connectivity index (χ4v) is 2.94. The Hall–Kier alpha value is -1.63. The van der Waals surface area contributed by atoms with Gasteiger partial charge in [-0.1, -0.05) is 12.1 Å². The number of hydrogen-bond acceptors (Lipinski definition) is 3. The molecule has 0 saturated heterocycles. The SMILES string of the molecule is CCN(CC)C(N)=NCCS(=O)(=O)c1ccccc1F. The van der Waals surface area contributed by atoms with Crippen LogP contribution in [0, 0.1) is 5.82 Å². The van der Waals surface area contributed by atoms with Crippen LogP contribution in [-0.4, -0.2) is 44.7 Å². The van der Waals surface area contributed by atoms with Crippen LogP contribution in [0.1, 0.15) is 13.8 Å². The van der Waals surface area contributed by atoms with Gasteiger partial charge in [-0.2, -0.15) is 0 Å². The second kappa shape index (κ2) is 7.23. The molecule has 1 rings (SSSR count). The Morgan fingerprint density at radius 1 is 1.30 bits per heavy atom. The first kappa shape index (κ1) is 16.4. The zero-order chi connectivity index (χ0) is 15.2. The summed E-state index contributed by atoms with van der Waals surface area (Å²) < 4.78 is 37.4. The van der Waals surface area contributed by atoms with Gasteiger partial charge in [0.15, 0.2) is 15.8 Å². The van der Waals surface area contributed by atoms with Crippen molar-refractivity contribution in [3.05, 3.63) is 30.1 Å². The number of benzene rings is 1. The number of hydrogen-bond donors (Lipinski definition) is 1. The first-order valence-electron chi connectivity index (χ1n) is 6.44. The van der Waals surface area contributed by atoms with E-state index in [1.54, 1.807) is 0 Å². The molecule has 0 unspecified atom stereocenters. The minimum absolute atomic E-state index is 0.0129. The molecule has 5 nitrogen and oxygen atoms in total. The molecule has 0 heterocycles. The standard InChI is InChI=1S/C13H20FN3O2S/c1-3-17(4-2)13(15)16-9-10-20(18,19)12-8-6-5-7-11(12)14/h5-8H,3-4,9-10H2,1-2H3,(H2,15,16). The lowest BCUT2D eigenvalue weighted by Gasteiger charge is -2.19. The summed E-state index contributed by atoms with van der Waals surface area (Å²) in [5.41, 5.74) is 5.74. The van der Waals surface area contributed by atoms with Gasteiger partial charge in [0.2, 0.25) is 0 Å². The number of sulfone groups is 1. The van der Waals surface area contributed by atoms with Crippen molar-refractivity contribution in [2.45, 2.75) is 18.7 Å². The first-order valence-corrected chi connectivity index (χ1v) is 8.09. The van der Waals surface area contributed by atoms with E-state index in [2.05, 4.69) is 4.99 Å². The van der Waals surface area contributed by atoms with Crippen molar-refractivity contribution in [2.24, 2.45) is 10.7 Å². The Bertz CT molecular complexity index is 569. The summed E-state index contributed by atoms with van der Waals surface area (Å²) in [4.78, 5) is 5.55. The van der Waals surface area contributed by atoms with E-state index in [0.717, 1.165) is 6.07 Å². The lowest BCUT2D eigenvalue weighted by molar-refractivity contribution is 0.458. The number of halogens is 1. The van der Waals surface area contributed by atoms with Crippen molar-refractivity contribution in [3.63, 3.8) is 0 Å². The molecule has 0 radical (unpaired) electrons. The van der Waals surface area contributed by atoms with Gasteiger partial charge in [0.1, 0.15) is 10.7 Å². The number of guanidine groups is 1. The van der Waals surface area contributed by atoms with Gasteiger partial charge >= 0.3 is 0 Å². The molecule has 0 amide bonds. The summed E-state index contributed by atoms with van der Waals surface area (Å²) in [7, 11) is -3.68. The van der Waals surface area contributed by atoms with Gasteiger partial charge in [-0.15, -0.1) is 0 Å². The molecule has 1 aromatic rings. The summed E-state index contributed by atoms with van der Waals surface area (Å²) >= 11 is 0. The second-order valence-corrected chi connectivity index (χ2v) is 6.24. The molecule has 0 bridgehead atoms. The summed E-state index contributed by atoms with van der Waals surface area (Å²) in [5.74, 6) is -0.706. The van der Waals surface area contributed by atoms with Gasteiger partial charge in [0.05, 0.1) is 12.3 Å². The van der Waals surface area contributed by atoms with Gasteiger partial charge in [-0.05, 0) is 26.0 Å². The number of aliphatic imine (C=N–C) groups is 1. The van der Waals surface area contributed by atoms with E-state index in [-0.39, 0.29) is 17.2 Å². The van der Waals surface area contributed by atoms with Gasteiger partial charge in [0.25, 0.3) is 0 Å². The van der Waals surface area contributed by atoms with Crippen molar-refractivity contribution in [3.8, 4) is 0 Å². The number of nitrogens with two attached hydrogens (primary N) is 1. The van der Waals surface area contributed by atoms with Crippen LogP contribution in [0.3, 0.4) is 0 Å². The molecular weight excluding hydrogens is 281 g/mol. The van der Waals surface area contributed by atoms with Crippen LogP contribution in [0.5, 0.6) is 0 Å². The van der Waals surface area contributed by atoms with Crippen LogP contribution in [-0.2, 0) is 9.84 Å². The lowest BCUT2D eigenvalue weighted by Crippen LogP contribution is -2.37. The van der Waals surface area contributed by atoms with E-state index in [4.69, 9.17) is 5.73 Å². The quantitative estimate of drug-likeness (QED) is 0.634. The van der Waals surface area contributed by atoms with Crippen LogP contribution in [0.15, 0.2) is 34.2 Å². The highest BCUT2D eigenvalue weighted by Gasteiger charge is 2.18. The zero-order valence-corrected chi connectivity index (χ0v) is 12.5. The first-order chi connectivity index (χ1) is 9.42. The smallest absolute Gasteiger partial charge is 0.191 e.